The average Bonchev–Trinajstić information content (AvgIpc) is 3.60. The lowest BCUT2D eigenvalue weighted by atomic mass is 9.94. The minimum Gasteiger partial charge on any atom is -0.353 e. The number of fused-ring (bicyclic) bond motifs is 3. The molecular formula is C28H22N6S. The number of rotatable bonds is 6. The fraction of sp³-hybridized carbons (Fsp3) is 0.143. The van der Waals surface area contributed by atoms with Crippen molar-refractivity contribution in [3.63, 3.8) is 0 Å². The maximum absolute atomic E-state index is 9.17. The highest BCUT2D eigenvalue weighted by Gasteiger charge is 2.21. The minimum atomic E-state index is 0.00526. The highest BCUT2D eigenvalue weighted by atomic mass is 32.1. The molecule has 0 aliphatic heterocycles. The Morgan fingerprint density at radius 1 is 1.06 bits per heavy atom. The molecule has 6 nitrogen and oxygen atoms in total. The quantitative estimate of drug-likeness (QED) is 0.227. The fourth-order valence-corrected chi connectivity index (χ4v) is 5.92. The number of nitrogens with zero attached hydrogens (tertiary/aromatic N) is 3. The number of thiazole rings is 1. The van der Waals surface area contributed by atoms with E-state index in [1.165, 1.54) is 4.70 Å². The van der Waals surface area contributed by atoms with Crippen LogP contribution in [0.25, 0.3) is 43.4 Å². The first-order valence-electron chi connectivity index (χ1n) is 11.6. The Morgan fingerprint density at radius 2 is 1.94 bits per heavy atom. The van der Waals surface area contributed by atoms with Gasteiger partial charge in [0, 0.05) is 34.3 Å². The average molecular weight is 475 g/mol. The molecule has 0 radical (unpaired) electrons. The molecule has 1 atom stereocenters. The number of aromatic nitrogens is 4. The van der Waals surface area contributed by atoms with Crippen LogP contribution in [0.1, 0.15) is 35.4 Å². The van der Waals surface area contributed by atoms with Crippen LogP contribution in [-0.2, 0) is 6.42 Å². The molecule has 0 bridgehead atoms. The molecule has 0 saturated carbocycles. The Bertz CT molecular complexity index is 1730. The fourth-order valence-electron chi connectivity index (χ4n) is 4.73. The van der Waals surface area contributed by atoms with Crippen LogP contribution in [0.2, 0.25) is 0 Å². The molecule has 3 aromatic heterocycles. The Hall–Kier alpha value is -4.28. The first-order chi connectivity index (χ1) is 17.1. The first-order valence-corrected chi connectivity index (χ1v) is 12.4. The van der Waals surface area contributed by atoms with E-state index in [-0.39, 0.29) is 5.92 Å². The highest BCUT2D eigenvalue weighted by molar-refractivity contribution is 7.18. The number of nitrogens with one attached hydrogen (secondary N) is 3. The summed E-state index contributed by atoms with van der Waals surface area (Å²) in [6.07, 6.45) is 1.41. The van der Waals surface area contributed by atoms with E-state index in [1.807, 2.05) is 42.5 Å². The Kier molecular flexibility index (Phi) is 5.16. The van der Waals surface area contributed by atoms with Gasteiger partial charge in [0.15, 0.2) is 0 Å². The molecule has 0 fully saturated rings. The SMILES string of the molecule is CCC(C(=N)Cc1cccc2[nH]c(-c3n[nH]c4cc(C#N)ccc34)cc12)c1nc2ccccc2s1. The van der Waals surface area contributed by atoms with Gasteiger partial charge in [-0.25, -0.2) is 4.98 Å². The molecule has 170 valence electrons. The van der Waals surface area contributed by atoms with Crippen molar-refractivity contribution in [3.8, 4) is 17.5 Å². The Labute approximate surface area is 205 Å². The lowest BCUT2D eigenvalue weighted by Gasteiger charge is -2.14. The van der Waals surface area contributed by atoms with Crippen LogP contribution >= 0.6 is 11.3 Å². The lowest BCUT2D eigenvalue weighted by molar-refractivity contribution is 0.818. The van der Waals surface area contributed by atoms with E-state index in [0.717, 1.165) is 55.7 Å². The second-order valence-electron chi connectivity index (χ2n) is 8.69. The van der Waals surface area contributed by atoms with E-state index in [0.29, 0.717) is 17.7 Å². The summed E-state index contributed by atoms with van der Waals surface area (Å²) in [5, 5.41) is 28.8. The minimum absolute atomic E-state index is 0.00526. The van der Waals surface area contributed by atoms with Crippen molar-refractivity contribution >= 4 is 49.1 Å². The predicted molar refractivity (Wildman–Crippen MR) is 142 cm³/mol. The van der Waals surface area contributed by atoms with Crippen LogP contribution in [0.4, 0.5) is 0 Å². The summed E-state index contributed by atoms with van der Waals surface area (Å²) in [6.45, 7) is 2.13. The van der Waals surface area contributed by atoms with Crippen molar-refractivity contribution < 1.29 is 0 Å². The molecule has 0 aliphatic rings. The maximum Gasteiger partial charge on any atom is 0.116 e. The Morgan fingerprint density at radius 3 is 2.77 bits per heavy atom. The van der Waals surface area contributed by atoms with Crippen molar-refractivity contribution in [2.45, 2.75) is 25.7 Å². The monoisotopic (exact) mass is 474 g/mol. The van der Waals surface area contributed by atoms with Gasteiger partial charge in [-0.3, -0.25) is 5.10 Å². The number of para-hydroxylation sites is 1. The first kappa shape index (κ1) is 21.3. The molecule has 3 N–H and O–H groups in total. The zero-order chi connectivity index (χ0) is 23.9. The van der Waals surface area contributed by atoms with Gasteiger partial charge in [0.1, 0.15) is 10.7 Å². The zero-order valence-electron chi connectivity index (χ0n) is 19.1. The molecule has 7 heteroatoms. The molecule has 1 unspecified atom stereocenters. The lowest BCUT2D eigenvalue weighted by Crippen LogP contribution is -2.13. The van der Waals surface area contributed by atoms with Gasteiger partial charge in [-0.15, -0.1) is 11.3 Å². The van der Waals surface area contributed by atoms with Crippen LogP contribution in [0.15, 0.2) is 66.7 Å². The summed E-state index contributed by atoms with van der Waals surface area (Å²) >= 11 is 1.69. The number of benzene rings is 3. The highest BCUT2D eigenvalue weighted by Crippen LogP contribution is 2.33. The molecule has 6 rings (SSSR count). The number of hydrogen-bond donors (Lipinski definition) is 3. The van der Waals surface area contributed by atoms with Gasteiger partial charge in [0.05, 0.1) is 33.1 Å². The van der Waals surface area contributed by atoms with E-state index in [4.69, 9.17) is 10.4 Å². The van der Waals surface area contributed by atoms with Gasteiger partial charge in [-0.1, -0.05) is 31.2 Å². The zero-order valence-corrected chi connectivity index (χ0v) is 19.9. The van der Waals surface area contributed by atoms with Crippen molar-refractivity contribution in [1.82, 2.24) is 20.2 Å². The van der Waals surface area contributed by atoms with Crippen LogP contribution < -0.4 is 0 Å². The number of H-pyrrole nitrogens is 2. The van der Waals surface area contributed by atoms with E-state index in [9.17, 15) is 5.26 Å². The number of hydrogen-bond acceptors (Lipinski definition) is 5. The summed E-state index contributed by atoms with van der Waals surface area (Å²) in [5.41, 5.74) is 6.98. The third-order valence-corrected chi connectivity index (χ3v) is 7.67. The number of aromatic amines is 2. The van der Waals surface area contributed by atoms with Crippen molar-refractivity contribution in [2.75, 3.05) is 0 Å². The van der Waals surface area contributed by atoms with Gasteiger partial charge < -0.3 is 10.4 Å². The van der Waals surface area contributed by atoms with Gasteiger partial charge in [-0.2, -0.15) is 10.4 Å². The molecule has 0 amide bonds. The summed E-state index contributed by atoms with van der Waals surface area (Å²) in [4.78, 5) is 8.32. The van der Waals surface area contributed by atoms with Crippen LogP contribution in [0.3, 0.4) is 0 Å². The van der Waals surface area contributed by atoms with Gasteiger partial charge in [0.25, 0.3) is 0 Å². The second kappa shape index (κ2) is 8.49. The molecule has 0 saturated heterocycles. The van der Waals surface area contributed by atoms with Gasteiger partial charge in [0.2, 0.25) is 0 Å². The van der Waals surface area contributed by atoms with Crippen LogP contribution in [-0.4, -0.2) is 25.9 Å². The molecule has 35 heavy (non-hydrogen) atoms. The summed E-state index contributed by atoms with van der Waals surface area (Å²) in [6, 6.07) is 24.2. The normalized spacial score (nSPS) is 12.3. The summed E-state index contributed by atoms with van der Waals surface area (Å²) in [5.74, 6) is 0.00526. The van der Waals surface area contributed by atoms with Crippen molar-refractivity contribution in [1.29, 1.82) is 10.7 Å². The van der Waals surface area contributed by atoms with Crippen LogP contribution in [0.5, 0.6) is 0 Å². The molecule has 6 aromatic rings. The molecule has 3 heterocycles. The van der Waals surface area contributed by atoms with E-state index < -0.39 is 0 Å². The summed E-state index contributed by atoms with van der Waals surface area (Å²) in [7, 11) is 0. The van der Waals surface area contributed by atoms with Gasteiger partial charge >= 0.3 is 0 Å². The predicted octanol–water partition coefficient (Wildman–Crippen LogP) is 6.95. The largest absolute Gasteiger partial charge is 0.353 e. The summed E-state index contributed by atoms with van der Waals surface area (Å²) < 4.78 is 1.17. The van der Waals surface area contributed by atoms with E-state index in [2.05, 4.69) is 52.4 Å². The van der Waals surface area contributed by atoms with Crippen molar-refractivity contribution in [3.05, 3.63) is 82.9 Å². The third-order valence-electron chi connectivity index (χ3n) is 6.52. The smallest absolute Gasteiger partial charge is 0.116 e. The maximum atomic E-state index is 9.17. The standard InChI is InChI=1S/C28H22N6S/c1-2-18(28-32-23-7-3-4-9-26(23)35-28)21(30)13-17-6-5-8-22-20(17)14-25(31-22)27-19-11-10-16(15-29)12-24(19)33-34-27/h3-12,14,18,30-31H,2,13H2,1H3,(H,33,34). The molecule has 3 aromatic carbocycles. The molecular weight excluding hydrogens is 452 g/mol. The van der Waals surface area contributed by atoms with E-state index >= 15 is 0 Å². The van der Waals surface area contributed by atoms with Gasteiger partial charge in [-0.05, 0) is 54.4 Å². The molecule has 0 aliphatic carbocycles. The van der Waals surface area contributed by atoms with Crippen LogP contribution in [0, 0.1) is 16.7 Å². The van der Waals surface area contributed by atoms with Crippen molar-refractivity contribution in [2.24, 2.45) is 0 Å². The van der Waals surface area contributed by atoms with E-state index in [1.54, 1.807) is 11.3 Å². The number of nitriles is 1. The Balaban J connectivity index is 1.34. The molecule has 0 spiro atoms. The second-order valence-corrected chi connectivity index (χ2v) is 9.75. The third kappa shape index (κ3) is 3.69. The topological polar surface area (TPSA) is 105 Å².